The summed E-state index contributed by atoms with van der Waals surface area (Å²) in [5.74, 6) is -1.44. The van der Waals surface area contributed by atoms with Crippen LogP contribution in [0.15, 0.2) is 18.2 Å². The zero-order chi connectivity index (χ0) is 19.3. The van der Waals surface area contributed by atoms with Crippen molar-refractivity contribution >= 4 is 29.2 Å². The smallest absolute Gasteiger partial charge is 0.340 e. The number of benzene rings is 1. The van der Waals surface area contributed by atoms with Crippen LogP contribution in [0, 0.1) is 21.4 Å². The van der Waals surface area contributed by atoms with Crippen molar-refractivity contribution in [3.05, 3.63) is 38.9 Å². The number of nitro groups is 1. The number of non-ortho nitro benzene ring substituents is 1. The fraction of sp³-hybridized carbons (Fsp3) is 0.471. The minimum Gasteiger partial charge on any atom is -0.449 e. The van der Waals surface area contributed by atoms with Gasteiger partial charge in [-0.25, -0.2) is 4.79 Å². The Morgan fingerprint density at radius 2 is 2.04 bits per heavy atom. The monoisotopic (exact) mass is 379 g/mol. The van der Waals surface area contributed by atoms with Crippen molar-refractivity contribution in [2.24, 2.45) is 0 Å². The summed E-state index contributed by atoms with van der Waals surface area (Å²) >= 11 is 5.88. The summed E-state index contributed by atoms with van der Waals surface area (Å²) in [5, 5.41) is 22.6. The summed E-state index contributed by atoms with van der Waals surface area (Å²) < 4.78 is 5.10. The standard InChI is InChI=1S/C17H18ClN3O5/c1-11(15(22)20-17(10-19)7-3-2-4-8-17)26-16(23)13-6-5-12(21(24)25)9-14(13)18/h5-6,9,11H,2-4,7-8H2,1H3,(H,20,22)/t11-/m0/s1. The van der Waals surface area contributed by atoms with Gasteiger partial charge >= 0.3 is 5.97 Å². The van der Waals surface area contributed by atoms with Gasteiger partial charge in [-0.15, -0.1) is 0 Å². The summed E-state index contributed by atoms with van der Waals surface area (Å²) in [7, 11) is 0. The second kappa shape index (κ2) is 8.15. The molecule has 1 aliphatic carbocycles. The molecule has 1 aliphatic rings. The first-order chi connectivity index (χ1) is 12.3. The molecular weight excluding hydrogens is 362 g/mol. The van der Waals surface area contributed by atoms with Crippen LogP contribution in [0.1, 0.15) is 49.4 Å². The van der Waals surface area contributed by atoms with Gasteiger partial charge in [0.15, 0.2) is 6.10 Å². The van der Waals surface area contributed by atoms with E-state index < -0.39 is 28.4 Å². The number of rotatable bonds is 5. The van der Waals surface area contributed by atoms with Gasteiger partial charge < -0.3 is 10.1 Å². The maximum Gasteiger partial charge on any atom is 0.340 e. The number of halogens is 1. The Kier molecular flexibility index (Phi) is 6.16. The zero-order valence-electron chi connectivity index (χ0n) is 14.2. The summed E-state index contributed by atoms with van der Waals surface area (Å²) in [6.45, 7) is 1.39. The van der Waals surface area contributed by atoms with E-state index in [0.29, 0.717) is 12.8 Å². The largest absolute Gasteiger partial charge is 0.449 e. The maximum absolute atomic E-state index is 12.3. The third kappa shape index (κ3) is 4.49. The number of carbonyl (C=O) groups is 2. The van der Waals surface area contributed by atoms with Crippen LogP contribution in [0.5, 0.6) is 0 Å². The van der Waals surface area contributed by atoms with E-state index >= 15 is 0 Å². The number of nitrogens with zero attached hydrogens (tertiary/aromatic N) is 2. The lowest BCUT2D eigenvalue weighted by Crippen LogP contribution is -2.52. The molecule has 0 aromatic heterocycles. The first-order valence-electron chi connectivity index (χ1n) is 8.16. The van der Waals surface area contributed by atoms with Gasteiger partial charge in [0, 0.05) is 12.1 Å². The van der Waals surface area contributed by atoms with Crippen molar-refractivity contribution < 1.29 is 19.2 Å². The molecule has 0 heterocycles. The molecular formula is C17H18ClN3O5. The third-order valence-corrected chi connectivity index (χ3v) is 4.63. The predicted molar refractivity (Wildman–Crippen MR) is 92.6 cm³/mol. The molecule has 0 spiro atoms. The number of nitrogens with one attached hydrogen (secondary N) is 1. The van der Waals surface area contributed by atoms with Crippen LogP contribution in [0.3, 0.4) is 0 Å². The van der Waals surface area contributed by atoms with E-state index in [1.54, 1.807) is 0 Å². The van der Waals surface area contributed by atoms with E-state index in [-0.39, 0.29) is 16.3 Å². The molecule has 1 amide bonds. The van der Waals surface area contributed by atoms with E-state index in [1.807, 2.05) is 0 Å². The minimum atomic E-state index is -1.14. The number of amides is 1. The minimum absolute atomic E-state index is 0.0791. The molecule has 2 rings (SSSR count). The first kappa shape index (κ1) is 19.7. The van der Waals surface area contributed by atoms with Gasteiger partial charge in [0.2, 0.25) is 0 Å². The highest BCUT2D eigenvalue weighted by atomic mass is 35.5. The van der Waals surface area contributed by atoms with Crippen molar-refractivity contribution in [2.75, 3.05) is 0 Å². The van der Waals surface area contributed by atoms with Crippen molar-refractivity contribution in [2.45, 2.75) is 50.7 Å². The quantitative estimate of drug-likeness (QED) is 0.476. The van der Waals surface area contributed by atoms with Crippen LogP contribution in [-0.2, 0) is 9.53 Å². The Morgan fingerprint density at radius 1 is 1.38 bits per heavy atom. The van der Waals surface area contributed by atoms with Crippen LogP contribution in [-0.4, -0.2) is 28.4 Å². The second-order valence-electron chi connectivity index (χ2n) is 6.21. The topological polar surface area (TPSA) is 122 Å². The average molecular weight is 380 g/mol. The van der Waals surface area contributed by atoms with Crippen molar-refractivity contribution in [3.63, 3.8) is 0 Å². The van der Waals surface area contributed by atoms with Gasteiger partial charge in [-0.3, -0.25) is 14.9 Å². The number of ether oxygens (including phenoxy) is 1. The SMILES string of the molecule is C[C@H](OC(=O)c1ccc([N+](=O)[O-])cc1Cl)C(=O)NC1(C#N)CCCCC1. The van der Waals surface area contributed by atoms with E-state index in [9.17, 15) is 25.0 Å². The molecule has 1 aromatic rings. The van der Waals surface area contributed by atoms with Crippen LogP contribution < -0.4 is 5.32 Å². The Balaban J connectivity index is 2.03. The molecule has 26 heavy (non-hydrogen) atoms. The van der Waals surface area contributed by atoms with E-state index in [4.69, 9.17) is 16.3 Å². The summed E-state index contributed by atoms with van der Waals surface area (Å²) in [4.78, 5) is 34.6. The fourth-order valence-electron chi connectivity index (χ4n) is 2.82. The third-order valence-electron chi connectivity index (χ3n) is 4.32. The Bertz CT molecular complexity index is 768. The van der Waals surface area contributed by atoms with Crippen molar-refractivity contribution in [1.29, 1.82) is 5.26 Å². The molecule has 0 aliphatic heterocycles. The summed E-state index contributed by atoms with van der Waals surface area (Å²) in [6, 6.07) is 5.49. The molecule has 9 heteroatoms. The number of nitriles is 1. The van der Waals surface area contributed by atoms with Gasteiger partial charge in [-0.2, -0.15) is 5.26 Å². The molecule has 138 valence electrons. The second-order valence-corrected chi connectivity index (χ2v) is 6.62. The van der Waals surface area contributed by atoms with Crippen LogP contribution in [0.4, 0.5) is 5.69 Å². The molecule has 1 N–H and O–H groups in total. The molecule has 1 saturated carbocycles. The summed E-state index contributed by atoms with van der Waals surface area (Å²) in [6.07, 6.45) is 2.69. The number of nitro benzene ring substituents is 1. The van der Waals surface area contributed by atoms with Crippen LogP contribution in [0.2, 0.25) is 5.02 Å². The van der Waals surface area contributed by atoms with Crippen molar-refractivity contribution in [1.82, 2.24) is 5.32 Å². The van der Waals surface area contributed by atoms with E-state index in [0.717, 1.165) is 31.4 Å². The van der Waals surface area contributed by atoms with Crippen LogP contribution >= 0.6 is 11.6 Å². The highest BCUT2D eigenvalue weighted by molar-refractivity contribution is 6.33. The average Bonchev–Trinajstić information content (AvgIpc) is 2.62. The lowest BCUT2D eigenvalue weighted by molar-refractivity contribution is -0.384. The van der Waals surface area contributed by atoms with Gasteiger partial charge in [-0.05, 0) is 25.8 Å². The van der Waals surface area contributed by atoms with E-state index in [2.05, 4.69) is 11.4 Å². The molecule has 1 atom stereocenters. The Labute approximate surface area is 155 Å². The number of carbonyl (C=O) groups excluding carboxylic acids is 2. The fourth-order valence-corrected chi connectivity index (χ4v) is 3.07. The van der Waals surface area contributed by atoms with Gasteiger partial charge in [0.25, 0.3) is 11.6 Å². The normalized spacial score (nSPS) is 16.8. The highest BCUT2D eigenvalue weighted by Crippen LogP contribution is 2.28. The molecule has 0 saturated heterocycles. The molecule has 1 aromatic carbocycles. The molecule has 1 fully saturated rings. The molecule has 0 bridgehead atoms. The number of hydrogen-bond donors (Lipinski definition) is 1. The summed E-state index contributed by atoms with van der Waals surface area (Å²) in [5.41, 5.74) is -1.27. The number of esters is 1. The zero-order valence-corrected chi connectivity index (χ0v) is 14.9. The maximum atomic E-state index is 12.3. The van der Waals surface area contributed by atoms with Gasteiger partial charge in [0.05, 0.1) is 21.6 Å². The Hall–Kier alpha value is -2.66. The lowest BCUT2D eigenvalue weighted by Gasteiger charge is -2.32. The van der Waals surface area contributed by atoms with Gasteiger partial charge in [-0.1, -0.05) is 30.9 Å². The lowest BCUT2D eigenvalue weighted by atomic mass is 9.83. The van der Waals surface area contributed by atoms with Crippen LogP contribution in [0.25, 0.3) is 0 Å². The highest BCUT2D eigenvalue weighted by Gasteiger charge is 2.35. The molecule has 0 radical (unpaired) electrons. The predicted octanol–water partition coefficient (Wildman–Crippen LogP) is 3.14. The Morgan fingerprint density at radius 3 is 2.58 bits per heavy atom. The van der Waals surface area contributed by atoms with E-state index in [1.165, 1.54) is 13.0 Å². The van der Waals surface area contributed by atoms with Crippen molar-refractivity contribution in [3.8, 4) is 6.07 Å². The molecule has 8 nitrogen and oxygen atoms in total. The number of hydrogen-bond acceptors (Lipinski definition) is 6. The first-order valence-corrected chi connectivity index (χ1v) is 8.54. The van der Waals surface area contributed by atoms with Gasteiger partial charge in [0.1, 0.15) is 5.54 Å². The molecule has 0 unspecified atom stereocenters.